The molecule has 0 aliphatic carbocycles. The summed E-state index contributed by atoms with van der Waals surface area (Å²) in [6.45, 7) is 3.32. The maximum Gasteiger partial charge on any atom is 0.251 e. The van der Waals surface area contributed by atoms with E-state index in [2.05, 4.69) is 22.8 Å². The third-order valence-electron chi connectivity index (χ3n) is 3.44. The highest BCUT2D eigenvalue weighted by Crippen LogP contribution is 2.25. The number of ether oxygens (including phenoxy) is 1. The smallest absolute Gasteiger partial charge is 0.251 e. The van der Waals surface area contributed by atoms with Gasteiger partial charge in [0, 0.05) is 23.5 Å². The van der Waals surface area contributed by atoms with Crippen LogP contribution in [0.2, 0.25) is 0 Å². The number of anilines is 1. The van der Waals surface area contributed by atoms with E-state index in [0.29, 0.717) is 17.9 Å². The molecule has 2 N–H and O–H groups in total. The van der Waals surface area contributed by atoms with Gasteiger partial charge in [-0.05, 0) is 49.1 Å². The van der Waals surface area contributed by atoms with Crippen molar-refractivity contribution < 1.29 is 9.53 Å². The van der Waals surface area contributed by atoms with Crippen molar-refractivity contribution in [2.75, 3.05) is 25.2 Å². The molecule has 2 aromatic rings. The Kier molecular flexibility index (Phi) is 6.35. The first-order valence-corrected chi connectivity index (χ1v) is 8.73. The zero-order valence-corrected chi connectivity index (χ0v) is 14.5. The molecule has 0 spiro atoms. The van der Waals surface area contributed by atoms with Crippen molar-refractivity contribution in [1.82, 2.24) is 5.32 Å². The Bertz CT molecular complexity index is 657. The summed E-state index contributed by atoms with van der Waals surface area (Å²) >= 11 is 1.70. The number of methoxy groups -OCH3 is 1. The molecule has 0 fully saturated rings. The molecule has 2 rings (SSSR count). The fourth-order valence-electron chi connectivity index (χ4n) is 2.20. The molecule has 0 saturated carbocycles. The molecule has 0 aliphatic rings. The van der Waals surface area contributed by atoms with Crippen molar-refractivity contribution in [3.63, 3.8) is 0 Å². The lowest BCUT2D eigenvalue weighted by Gasteiger charge is -2.12. The number of nitrogens with one attached hydrogen (secondary N) is 2. The third-order valence-corrected chi connectivity index (χ3v) is 4.19. The summed E-state index contributed by atoms with van der Waals surface area (Å²) < 4.78 is 5.33. The minimum atomic E-state index is -0.111. The molecule has 0 unspecified atom stereocenters. The van der Waals surface area contributed by atoms with Gasteiger partial charge in [0.1, 0.15) is 5.75 Å². The fourth-order valence-corrected chi connectivity index (χ4v) is 2.60. The summed E-state index contributed by atoms with van der Waals surface area (Å²) in [5.74, 6) is 0.559. The van der Waals surface area contributed by atoms with E-state index in [-0.39, 0.29) is 5.91 Å². The van der Waals surface area contributed by atoms with Crippen molar-refractivity contribution in [3.05, 3.63) is 53.6 Å². The highest BCUT2D eigenvalue weighted by molar-refractivity contribution is 7.98. The van der Waals surface area contributed by atoms with Gasteiger partial charge in [0.05, 0.1) is 12.8 Å². The van der Waals surface area contributed by atoms with Crippen LogP contribution in [0.4, 0.5) is 5.69 Å². The molecule has 23 heavy (non-hydrogen) atoms. The van der Waals surface area contributed by atoms with Crippen LogP contribution in [0.25, 0.3) is 0 Å². The second kappa shape index (κ2) is 8.48. The quantitative estimate of drug-likeness (QED) is 0.759. The van der Waals surface area contributed by atoms with Crippen LogP contribution in [0.3, 0.4) is 0 Å². The summed E-state index contributed by atoms with van der Waals surface area (Å²) in [5.41, 5.74) is 2.55. The lowest BCUT2D eigenvalue weighted by atomic mass is 10.1. The lowest BCUT2D eigenvalue weighted by molar-refractivity contribution is 0.0950. The van der Waals surface area contributed by atoms with E-state index in [9.17, 15) is 4.79 Å². The summed E-state index contributed by atoms with van der Waals surface area (Å²) in [6.07, 6.45) is 2.04. The molecule has 0 aliphatic heterocycles. The molecule has 5 heteroatoms. The molecule has 0 saturated heterocycles. The van der Waals surface area contributed by atoms with Gasteiger partial charge in [-0.15, -0.1) is 11.8 Å². The first-order chi connectivity index (χ1) is 11.2. The largest absolute Gasteiger partial charge is 0.495 e. The molecule has 0 bridgehead atoms. The predicted octanol–water partition coefficient (Wildman–Crippen LogP) is 3.78. The number of hydrogen-bond acceptors (Lipinski definition) is 4. The molecule has 0 radical (unpaired) electrons. The maximum absolute atomic E-state index is 12.3. The van der Waals surface area contributed by atoms with E-state index in [0.717, 1.165) is 17.8 Å². The van der Waals surface area contributed by atoms with Crippen LogP contribution >= 0.6 is 11.8 Å². The zero-order valence-electron chi connectivity index (χ0n) is 13.7. The predicted molar refractivity (Wildman–Crippen MR) is 96.6 cm³/mol. The Morgan fingerprint density at radius 2 is 1.91 bits per heavy atom. The van der Waals surface area contributed by atoms with Gasteiger partial charge >= 0.3 is 0 Å². The standard InChI is InChI=1S/C18H22N2O2S/c1-4-19-16-10-7-14(11-17(16)22-2)18(21)20-12-13-5-8-15(23-3)9-6-13/h5-11,19H,4,12H2,1-3H3,(H,20,21). The van der Waals surface area contributed by atoms with E-state index >= 15 is 0 Å². The number of thioether (sulfide) groups is 1. The average Bonchev–Trinajstić information content (AvgIpc) is 2.60. The van der Waals surface area contributed by atoms with Crippen LogP contribution in [0.5, 0.6) is 5.75 Å². The molecule has 2 aromatic carbocycles. The molecular weight excluding hydrogens is 308 g/mol. The minimum absolute atomic E-state index is 0.111. The number of amides is 1. The Hall–Kier alpha value is -2.14. The minimum Gasteiger partial charge on any atom is -0.495 e. The average molecular weight is 330 g/mol. The van der Waals surface area contributed by atoms with Gasteiger partial charge < -0.3 is 15.4 Å². The number of carbonyl (C=O) groups excluding carboxylic acids is 1. The van der Waals surface area contributed by atoms with E-state index in [1.807, 2.05) is 31.4 Å². The van der Waals surface area contributed by atoms with Crippen molar-refractivity contribution >= 4 is 23.4 Å². The van der Waals surface area contributed by atoms with E-state index in [4.69, 9.17) is 4.74 Å². The first-order valence-electron chi connectivity index (χ1n) is 7.51. The SMILES string of the molecule is CCNc1ccc(C(=O)NCc2ccc(SC)cc2)cc1OC. The molecule has 0 aromatic heterocycles. The highest BCUT2D eigenvalue weighted by Gasteiger charge is 2.09. The van der Waals surface area contributed by atoms with Gasteiger partial charge in [0.25, 0.3) is 5.91 Å². The molecule has 1 amide bonds. The maximum atomic E-state index is 12.3. The van der Waals surface area contributed by atoms with Crippen molar-refractivity contribution in [3.8, 4) is 5.75 Å². The van der Waals surface area contributed by atoms with Crippen LogP contribution in [0.1, 0.15) is 22.8 Å². The topological polar surface area (TPSA) is 50.4 Å². The highest BCUT2D eigenvalue weighted by atomic mass is 32.2. The lowest BCUT2D eigenvalue weighted by Crippen LogP contribution is -2.22. The summed E-state index contributed by atoms with van der Waals surface area (Å²) in [5, 5.41) is 6.14. The fraction of sp³-hybridized carbons (Fsp3) is 0.278. The van der Waals surface area contributed by atoms with Crippen LogP contribution in [-0.2, 0) is 6.54 Å². The molecule has 0 atom stereocenters. The number of rotatable bonds is 7. The summed E-state index contributed by atoms with van der Waals surface area (Å²) in [7, 11) is 1.60. The second-order valence-corrected chi connectivity index (χ2v) is 5.86. The van der Waals surface area contributed by atoms with Gasteiger partial charge in [-0.1, -0.05) is 12.1 Å². The van der Waals surface area contributed by atoms with Crippen molar-refractivity contribution in [1.29, 1.82) is 0 Å². The Morgan fingerprint density at radius 1 is 1.17 bits per heavy atom. The third kappa shape index (κ3) is 4.66. The Labute approximate surface area is 141 Å². The number of hydrogen-bond donors (Lipinski definition) is 2. The van der Waals surface area contributed by atoms with E-state index in [1.54, 1.807) is 31.0 Å². The van der Waals surface area contributed by atoms with Crippen LogP contribution < -0.4 is 15.4 Å². The van der Waals surface area contributed by atoms with Gasteiger partial charge in [0.2, 0.25) is 0 Å². The number of benzene rings is 2. The van der Waals surface area contributed by atoms with E-state index < -0.39 is 0 Å². The Balaban J connectivity index is 2.02. The molecule has 4 nitrogen and oxygen atoms in total. The molecule has 0 heterocycles. The summed E-state index contributed by atoms with van der Waals surface area (Å²) in [4.78, 5) is 13.5. The van der Waals surface area contributed by atoms with Crippen LogP contribution in [0.15, 0.2) is 47.4 Å². The van der Waals surface area contributed by atoms with Gasteiger partial charge in [-0.2, -0.15) is 0 Å². The molecule has 122 valence electrons. The van der Waals surface area contributed by atoms with Gasteiger partial charge in [-0.3, -0.25) is 4.79 Å². The first kappa shape index (κ1) is 17.2. The van der Waals surface area contributed by atoms with Crippen LogP contribution in [-0.4, -0.2) is 25.8 Å². The Morgan fingerprint density at radius 3 is 2.52 bits per heavy atom. The van der Waals surface area contributed by atoms with Crippen molar-refractivity contribution in [2.45, 2.75) is 18.4 Å². The summed E-state index contributed by atoms with van der Waals surface area (Å²) in [6, 6.07) is 13.6. The number of carbonyl (C=O) groups is 1. The van der Waals surface area contributed by atoms with E-state index in [1.165, 1.54) is 4.90 Å². The normalized spacial score (nSPS) is 10.2. The molecular formula is C18H22N2O2S. The van der Waals surface area contributed by atoms with Gasteiger partial charge in [-0.25, -0.2) is 0 Å². The second-order valence-electron chi connectivity index (χ2n) is 4.98. The zero-order chi connectivity index (χ0) is 16.7. The van der Waals surface area contributed by atoms with Crippen molar-refractivity contribution in [2.24, 2.45) is 0 Å². The monoisotopic (exact) mass is 330 g/mol. The van der Waals surface area contributed by atoms with Crippen LogP contribution in [0, 0.1) is 0 Å². The van der Waals surface area contributed by atoms with Gasteiger partial charge in [0.15, 0.2) is 0 Å².